The van der Waals surface area contributed by atoms with Crippen molar-refractivity contribution in [3.8, 4) is 0 Å². The number of carbonyl (C=O) groups is 1. The molecule has 0 aromatic heterocycles. The van der Waals surface area contributed by atoms with E-state index >= 15 is 0 Å². The van der Waals surface area contributed by atoms with Gasteiger partial charge in [-0.2, -0.15) is 17.2 Å². The molecule has 0 radical (unpaired) electrons. The molecule has 1 aliphatic carbocycles. The molecule has 21 heavy (non-hydrogen) atoms. The van der Waals surface area contributed by atoms with Crippen LogP contribution in [0.25, 0.3) is 0 Å². The van der Waals surface area contributed by atoms with Gasteiger partial charge in [-0.25, -0.2) is 4.79 Å². The highest BCUT2D eigenvalue weighted by molar-refractivity contribution is 7.86. The van der Waals surface area contributed by atoms with Crippen LogP contribution in [0.15, 0.2) is 0 Å². The lowest BCUT2D eigenvalue weighted by Crippen LogP contribution is -2.42. The molecule has 0 aromatic carbocycles. The number of aliphatic hydroxyl groups is 1. The number of hydrogen-bond acceptors (Lipinski definition) is 6. The Morgan fingerprint density at radius 2 is 1.95 bits per heavy atom. The van der Waals surface area contributed by atoms with Crippen LogP contribution in [0.3, 0.4) is 0 Å². The van der Waals surface area contributed by atoms with Crippen molar-refractivity contribution in [1.29, 1.82) is 0 Å². The molecule has 2 N–H and O–H groups in total. The summed E-state index contributed by atoms with van der Waals surface area (Å²) in [6, 6.07) is 0. The molecule has 3 atom stereocenters. The lowest BCUT2D eigenvalue weighted by atomic mass is 10.0. The van der Waals surface area contributed by atoms with Crippen LogP contribution < -0.4 is 0 Å². The van der Waals surface area contributed by atoms with Gasteiger partial charge in [0.25, 0.3) is 0 Å². The largest absolute Gasteiger partial charge is 0.453 e. The number of alkyl halides is 2. The molecular weight excluding hydrogens is 314 g/mol. The van der Waals surface area contributed by atoms with Gasteiger partial charge in [0.05, 0.1) is 11.7 Å². The molecule has 124 valence electrons. The molecule has 1 rings (SSSR count). The highest BCUT2D eigenvalue weighted by atomic mass is 32.2. The first-order chi connectivity index (χ1) is 9.26. The van der Waals surface area contributed by atoms with E-state index in [4.69, 9.17) is 9.29 Å². The molecule has 1 fully saturated rings. The molecule has 7 nitrogen and oxygen atoms in total. The molecule has 1 saturated carbocycles. The van der Waals surface area contributed by atoms with Crippen LogP contribution in [0.2, 0.25) is 0 Å². The van der Waals surface area contributed by atoms with Crippen LogP contribution >= 0.6 is 0 Å². The maximum Gasteiger partial charge on any atom is 0.405 e. The summed E-state index contributed by atoms with van der Waals surface area (Å²) in [4.78, 5) is 11.3. The van der Waals surface area contributed by atoms with E-state index in [1.807, 2.05) is 0 Å². The minimum atomic E-state index is -5.68. The zero-order valence-electron chi connectivity index (χ0n) is 11.7. The highest BCUT2D eigenvalue weighted by Crippen LogP contribution is 2.42. The SMILES string of the molecule is CC(OC(=O)COC1CC1C(C)(C)O)C(F)(F)S(=O)(=O)O. The van der Waals surface area contributed by atoms with Gasteiger partial charge in [-0.05, 0) is 27.2 Å². The number of esters is 1. The van der Waals surface area contributed by atoms with Gasteiger partial charge in [-0.3, -0.25) is 4.55 Å². The molecule has 10 heteroatoms. The summed E-state index contributed by atoms with van der Waals surface area (Å²) < 4.78 is 64.8. The van der Waals surface area contributed by atoms with Gasteiger partial charge >= 0.3 is 21.3 Å². The zero-order chi connectivity index (χ0) is 16.6. The van der Waals surface area contributed by atoms with Crippen molar-refractivity contribution in [2.75, 3.05) is 6.61 Å². The van der Waals surface area contributed by atoms with E-state index in [0.29, 0.717) is 13.3 Å². The summed E-state index contributed by atoms with van der Waals surface area (Å²) in [5, 5.41) is 5.05. The summed E-state index contributed by atoms with van der Waals surface area (Å²) >= 11 is 0. The predicted octanol–water partition coefficient (Wildman–Crippen LogP) is 0.575. The van der Waals surface area contributed by atoms with E-state index < -0.39 is 39.7 Å². The Morgan fingerprint density at radius 1 is 1.43 bits per heavy atom. The minimum Gasteiger partial charge on any atom is -0.453 e. The Bertz CT molecular complexity index is 497. The standard InChI is InChI=1S/C11H18F2O7S/c1-6(11(12,13)21(16,17)18)20-9(14)5-19-8-4-7(8)10(2,3)15/h6-8,15H,4-5H2,1-3H3,(H,16,17,18). The van der Waals surface area contributed by atoms with Crippen molar-refractivity contribution >= 4 is 16.1 Å². The van der Waals surface area contributed by atoms with Gasteiger partial charge in [0.15, 0.2) is 6.10 Å². The maximum atomic E-state index is 13.1. The van der Waals surface area contributed by atoms with Crippen LogP contribution in [0.4, 0.5) is 8.78 Å². The second kappa shape index (κ2) is 5.75. The summed E-state index contributed by atoms with van der Waals surface area (Å²) in [6.07, 6.45) is -2.21. The summed E-state index contributed by atoms with van der Waals surface area (Å²) in [5.41, 5.74) is -0.972. The highest BCUT2D eigenvalue weighted by Gasteiger charge is 2.52. The average molecular weight is 332 g/mol. The number of ether oxygens (including phenoxy) is 2. The van der Waals surface area contributed by atoms with E-state index in [1.165, 1.54) is 0 Å². The zero-order valence-corrected chi connectivity index (χ0v) is 12.6. The van der Waals surface area contributed by atoms with E-state index in [-0.39, 0.29) is 12.0 Å². The lowest BCUT2D eigenvalue weighted by molar-refractivity contribution is -0.165. The van der Waals surface area contributed by atoms with E-state index in [2.05, 4.69) is 4.74 Å². The molecule has 0 aliphatic heterocycles. The predicted molar refractivity (Wildman–Crippen MR) is 66.2 cm³/mol. The van der Waals surface area contributed by atoms with Crippen molar-refractivity contribution in [1.82, 2.24) is 0 Å². The molecule has 0 saturated heterocycles. The first-order valence-electron chi connectivity index (χ1n) is 6.15. The van der Waals surface area contributed by atoms with Crippen molar-refractivity contribution < 1.29 is 41.1 Å². The second-order valence-corrected chi connectivity index (χ2v) is 7.01. The van der Waals surface area contributed by atoms with Crippen molar-refractivity contribution in [2.45, 2.75) is 50.3 Å². The van der Waals surface area contributed by atoms with Gasteiger partial charge in [0.1, 0.15) is 6.61 Å². The Kier molecular flexibility index (Phi) is 4.98. The first kappa shape index (κ1) is 18.2. The topological polar surface area (TPSA) is 110 Å². The lowest BCUT2D eigenvalue weighted by Gasteiger charge is -2.21. The fourth-order valence-electron chi connectivity index (χ4n) is 1.78. The van der Waals surface area contributed by atoms with Gasteiger partial charge in [-0.15, -0.1) is 0 Å². The normalized spacial score (nSPS) is 24.5. The van der Waals surface area contributed by atoms with Crippen molar-refractivity contribution in [3.05, 3.63) is 0 Å². The van der Waals surface area contributed by atoms with Gasteiger partial charge in [0, 0.05) is 5.92 Å². The molecule has 0 aromatic rings. The van der Waals surface area contributed by atoms with Crippen LogP contribution in [-0.2, 0) is 24.4 Å². The van der Waals surface area contributed by atoms with E-state index in [1.54, 1.807) is 13.8 Å². The Morgan fingerprint density at radius 3 is 2.33 bits per heavy atom. The molecule has 0 amide bonds. The Balaban J connectivity index is 2.42. The van der Waals surface area contributed by atoms with Crippen LogP contribution in [0.1, 0.15) is 27.2 Å². The smallest absolute Gasteiger partial charge is 0.405 e. The third-order valence-electron chi connectivity index (χ3n) is 3.18. The molecule has 1 aliphatic rings. The summed E-state index contributed by atoms with van der Waals surface area (Å²) in [5.74, 6) is -1.35. The Hall–Kier alpha value is -0.840. The van der Waals surface area contributed by atoms with E-state index in [0.717, 1.165) is 0 Å². The summed E-state index contributed by atoms with van der Waals surface area (Å²) in [7, 11) is -5.68. The van der Waals surface area contributed by atoms with Crippen LogP contribution in [-0.4, -0.2) is 53.7 Å². The molecule has 0 heterocycles. The molecular formula is C11H18F2O7S. The average Bonchev–Trinajstić information content (AvgIpc) is 3.03. The van der Waals surface area contributed by atoms with Gasteiger partial charge in [0.2, 0.25) is 0 Å². The molecule has 0 spiro atoms. The number of rotatable bonds is 7. The number of halogens is 2. The second-order valence-electron chi connectivity index (χ2n) is 5.51. The fourth-order valence-corrected chi connectivity index (χ4v) is 2.25. The van der Waals surface area contributed by atoms with Gasteiger partial charge in [-0.1, -0.05) is 0 Å². The fraction of sp³-hybridized carbons (Fsp3) is 0.909. The van der Waals surface area contributed by atoms with E-state index in [9.17, 15) is 27.1 Å². The maximum absolute atomic E-state index is 13.1. The third-order valence-corrected chi connectivity index (χ3v) is 4.20. The quantitative estimate of drug-likeness (QED) is 0.518. The van der Waals surface area contributed by atoms with Crippen LogP contribution in [0, 0.1) is 5.92 Å². The number of carbonyl (C=O) groups excluding carboxylic acids is 1. The van der Waals surface area contributed by atoms with Crippen LogP contribution in [0.5, 0.6) is 0 Å². The summed E-state index contributed by atoms with van der Waals surface area (Å²) in [6.45, 7) is 3.15. The first-order valence-corrected chi connectivity index (χ1v) is 7.59. The number of hydrogen-bond donors (Lipinski definition) is 2. The monoisotopic (exact) mass is 332 g/mol. The van der Waals surface area contributed by atoms with Gasteiger partial charge < -0.3 is 14.6 Å². The minimum absolute atomic E-state index is 0.165. The molecule has 0 bridgehead atoms. The molecule has 3 unspecified atom stereocenters. The van der Waals surface area contributed by atoms with Crippen molar-refractivity contribution in [3.63, 3.8) is 0 Å². The van der Waals surface area contributed by atoms with Crippen molar-refractivity contribution in [2.24, 2.45) is 5.92 Å². The Labute approximate surface area is 121 Å². The third kappa shape index (κ3) is 4.56.